The van der Waals surface area contributed by atoms with Crippen LogP contribution in [0.3, 0.4) is 0 Å². The number of aromatic nitrogens is 2. The number of hydrogen-bond donors (Lipinski definition) is 1. The summed E-state index contributed by atoms with van der Waals surface area (Å²) in [5, 5.41) is 10.9. The second-order valence-corrected chi connectivity index (χ2v) is 3.80. The number of nitrogen functional groups attached to an aromatic ring is 1. The predicted molar refractivity (Wildman–Crippen MR) is 64.6 cm³/mol. The molecule has 0 aliphatic heterocycles. The first-order valence-electron chi connectivity index (χ1n) is 5.39. The van der Waals surface area contributed by atoms with Gasteiger partial charge in [0, 0.05) is 12.3 Å². The summed E-state index contributed by atoms with van der Waals surface area (Å²) >= 11 is 0. The van der Waals surface area contributed by atoms with E-state index < -0.39 is 28.1 Å². The highest BCUT2D eigenvalue weighted by atomic mass is 19.4. The molecule has 0 amide bonds. The predicted octanol–water partition coefficient (Wildman–Crippen LogP) is 2.78. The van der Waals surface area contributed by atoms with Gasteiger partial charge in [-0.2, -0.15) is 18.2 Å². The lowest BCUT2D eigenvalue weighted by Gasteiger charge is -2.09. The molecule has 0 radical (unpaired) electrons. The van der Waals surface area contributed by atoms with Gasteiger partial charge in [-0.05, 0) is 18.2 Å². The van der Waals surface area contributed by atoms with Crippen LogP contribution in [0.1, 0.15) is 5.56 Å². The highest BCUT2D eigenvalue weighted by Crippen LogP contribution is 2.37. The van der Waals surface area contributed by atoms with Gasteiger partial charge in [0.1, 0.15) is 5.82 Å². The van der Waals surface area contributed by atoms with E-state index in [0.29, 0.717) is 12.1 Å². The zero-order valence-electron chi connectivity index (χ0n) is 10.2. The highest BCUT2D eigenvalue weighted by molar-refractivity contribution is 5.50. The molecule has 7 nitrogen and oxygen atoms in total. The van der Waals surface area contributed by atoms with Gasteiger partial charge in [0.05, 0.1) is 10.5 Å². The van der Waals surface area contributed by atoms with Crippen LogP contribution in [-0.2, 0) is 6.18 Å². The molecule has 0 fully saturated rings. The van der Waals surface area contributed by atoms with Gasteiger partial charge < -0.3 is 10.5 Å². The van der Waals surface area contributed by atoms with Crippen molar-refractivity contribution in [1.82, 2.24) is 9.97 Å². The van der Waals surface area contributed by atoms with Crippen LogP contribution in [0.5, 0.6) is 11.8 Å². The van der Waals surface area contributed by atoms with Crippen LogP contribution >= 0.6 is 0 Å². The lowest BCUT2D eigenvalue weighted by molar-refractivity contribution is -0.385. The third kappa shape index (κ3) is 3.35. The van der Waals surface area contributed by atoms with Gasteiger partial charge in [-0.25, -0.2) is 4.98 Å². The first-order chi connectivity index (χ1) is 9.77. The van der Waals surface area contributed by atoms with Gasteiger partial charge in [0.15, 0.2) is 0 Å². The molecule has 0 atom stereocenters. The van der Waals surface area contributed by atoms with Crippen LogP contribution in [0.2, 0.25) is 0 Å². The van der Waals surface area contributed by atoms with E-state index in [1.54, 1.807) is 0 Å². The van der Waals surface area contributed by atoms with Crippen molar-refractivity contribution in [2.24, 2.45) is 0 Å². The summed E-state index contributed by atoms with van der Waals surface area (Å²) < 4.78 is 42.6. The number of nitro benzene ring substituents is 1. The van der Waals surface area contributed by atoms with Gasteiger partial charge in [-0.1, -0.05) is 0 Å². The fourth-order valence-corrected chi connectivity index (χ4v) is 1.42. The van der Waals surface area contributed by atoms with Gasteiger partial charge in [0.25, 0.3) is 0 Å². The lowest BCUT2D eigenvalue weighted by atomic mass is 10.2. The average molecular weight is 300 g/mol. The number of ether oxygens (including phenoxy) is 1. The molecule has 21 heavy (non-hydrogen) atoms. The van der Waals surface area contributed by atoms with E-state index in [1.165, 1.54) is 12.3 Å². The van der Waals surface area contributed by atoms with Crippen molar-refractivity contribution >= 4 is 11.5 Å². The number of halogens is 3. The van der Waals surface area contributed by atoms with E-state index in [-0.39, 0.29) is 11.8 Å². The summed E-state index contributed by atoms with van der Waals surface area (Å²) in [7, 11) is 0. The first-order valence-corrected chi connectivity index (χ1v) is 5.39. The van der Waals surface area contributed by atoms with Crippen molar-refractivity contribution in [3.8, 4) is 11.8 Å². The Morgan fingerprint density at radius 2 is 2.00 bits per heavy atom. The quantitative estimate of drug-likeness (QED) is 0.690. The minimum Gasteiger partial charge on any atom is -0.417 e. The van der Waals surface area contributed by atoms with Crippen LogP contribution in [0, 0.1) is 10.1 Å². The molecule has 2 N–H and O–H groups in total. The van der Waals surface area contributed by atoms with Gasteiger partial charge in [-0.3, -0.25) is 10.1 Å². The molecule has 0 spiro atoms. The van der Waals surface area contributed by atoms with Gasteiger partial charge in [0.2, 0.25) is 5.75 Å². The Kier molecular flexibility index (Phi) is 3.61. The number of hydrogen-bond acceptors (Lipinski definition) is 6. The van der Waals surface area contributed by atoms with Crippen molar-refractivity contribution in [1.29, 1.82) is 0 Å². The van der Waals surface area contributed by atoms with E-state index in [2.05, 4.69) is 9.97 Å². The summed E-state index contributed by atoms with van der Waals surface area (Å²) in [6.07, 6.45) is -3.45. The van der Waals surface area contributed by atoms with Crippen LogP contribution in [0.25, 0.3) is 0 Å². The first kappa shape index (κ1) is 14.5. The third-order valence-corrected chi connectivity index (χ3v) is 2.34. The summed E-state index contributed by atoms with van der Waals surface area (Å²) in [4.78, 5) is 17.1. The maximum atomic E-state index is 12.5. The third-order valence-electron chi connectivity index (χ3n) is 2.34. The second-order valence-electron chi connectivity index (χ2n) is 3.80. The molecule has 0 saturated heterocycles. The molecule has 1 heterocycles. The second kappa shape index (κ2) is 5.23. The summed E-state index contributed by atoms with van der Waals surface area (Å²) in [6.45, 7) is 0. The molecule has 0 saturated carbocycles. The molecule has 10 heteroatoms. The number of nitrogens with zero attached hydrogens (tertiary/aromatic N) is 3. The zero-order valence-corrected chi connectivity index (χ0v) is 10.2. The fraction of sp³-hybridized carbons (Fsp3) is 0.0909. The molecule has 0 aliphatic rings. The summed E-state index contributed by atoms with van der Waals surface area (Å²) in [5.74, 6) is -0.367. The van der Waals surface area contributed by atoms with Crippen molar-refractivity contribution < 1.29 is 22.8 Å². The van der Waals surface area contributed by atoms with E-state index >= 15 is 0 Å². The van der Waals surface area contributed by atoms with Crippen molar-refractivity contribution in [2.45, 2.75) is 6.18 Å². The normalized spacial score (nSPS) is 11.2. The van der Waals surface area contributed by atoms with Crippen molar-refractivity contribution in [3.05, 3.63) is 46.1 Å². The molecule has 0 unspecified atom stereocenters. The maximum absolute atomic E-state index is 12.5. The van der Waals surface area contributed by atoms with Crippen molar-refractivity contribution in [3.63, 3.8) is 0 Å². The molecular formula is C11H7F3N4O3. The Bertz CT molecular complexity index is 691. The molecular weight excluding hydrogens is 293 g/mol. The Labute approximate surface area is 115 Å². The summed E-state index contributed by atoms with van der Waals surface area (Å²) in [6, 6.07) is 2.91. The Morgan fingerprint density at radius 3 is 2.57 bits per heavy atom. The number of nitro groups is 1. The maximum Gasteiger partial charge on any atom is 0.416 e. The largest absolute Gasteiger partial charge is 0.417 e. The molecule has 2 rings (SSSR count). The molecule has 0 bridgehead atoms. The van der Waals surface area contributed by atoms with E-state index in [0.717, 1.165) is 6.07 Å². The van der Waals surface area contributed by atoms with Crippen LogP contribution < -0.4 is 10.5 Å². The lowest BCUT2D eigenvalue weighted by Crippen LogP contribution is -2.06. The monoisotopic (exact) mass is 300 g/mol. The van der Waals surface area contributed by atoms with E-state index in [9.17, 15) is 23.3 Å². The fourth-order valence-electron chi connectivity index (χ4n) is 1.42. The average Bonchev–Trinajstić information content (AvgIpc) is 2.37. The van der Waals surface area contributed by atoms with Crippen LogP contribution in [0.15, 0.2) is 30.5 Å². The topological polar surface area (TPSA) is 104 Å². The van der Waals surface area contributed by atoms with Crippen LogP contribution in [-0.4, -0.2) is 14.9 Å². The minimum absolute atomic E-state index is 0.0505. The smallest absolute Gasteiger partial charge is 0.416 e. The molecule has 1 aromatic heterocycles. The number of benzene rings is 1. The van der Waals surface area contributed by atoms with Gasteiger partial charge >= 0.3 is 17.9 Å². The number of rotatable bonds is 3. The van der Waals surface area contributed by atoms with Crippen LogP contribution in [0.4, 0.5) is 24.7 Å². The van der Waals surface area contributed by atoms with E-state index in [4.69, 9.17) is 10.5 Å². The number of anilines is 1. The minimum atomic E-state index is -4.70. The summed E-state index contributed by atoms with van der Waals surface area (Å²) in [5.41, 5.74) is 3.37. The Morgan fingerprint density at radius 1 is 1.29 bits per heavy atom. The molecule has 110 valence electrons. The van der Waals surface area contributed by atoms with E-state index in [1.807, 2.05) is 0 Å². The highest BCUT2D eigenvalue weighted by Gasteiger charge is 2.33. The molecule has 0 aliphatic carbocycles. The van der Waals surface area contributed by atoms with Gasteiger partial charge in [-0.15, -0.1) is 0 Å². The number of nitrogens with two attached hydrogens (primary N) is 1. The molecule has 2 aromatic rings. The molecule has 1 aromatic carbocycles. The zero-order chi connectivity index (χ0) is 15.6. The SMILES string of the molecule is Nc1ccnc(Oc2ccc(C(F)(F)F)cc2[N+](=O)[O-])n1. The van der Waals surface area contributed by atoms with Crippen molar-refractivity contribution in [2.75, 3.05) is 5.73 Å². The standard InChI is InChI=1S/C11H7F3N4O3/c12-11(13,14)6-1-2-8(7(5-6)18(19)20)21-10-16-4-3-9(15)17-10/h1-5H,(H2,15,16,17). The number of alkyl halides is 3. The Balaban J connectivity index is 2.42. The Hall–Kier alpha value is -2.91.